The first-order valence-electron chi connectivity index (χ1n) is 4.98. The summed E-state index contributed by atoms with van der Waals surface area (Å²) in [6.07, 6.45) is 1.49. The number of imidazole rings is 1. The second-order valence-corrected chi connectivity index (χ2v) is 3.62. The van der Waals surface area contributed by atoms with Crippen molar-refractivity contribution in [2.45, 2.75) is 13.3 Å². The van der Waals surface area contributed by atoms with Crippen LogP contribution in [0.4, 0.5) is 0 Å². The number of benzene rings is 1. The van der Waals surface area contributed by atoms with Crippen LogP contribution in [0.15, 0.2) is 30.6 Å². The van der Waals surface area contributed by atoms with Gasteiger partial charge in [0, 0.05) is 5.56 Å². The van der Waals surface area contributed by atoms with Crippen LogP contribution in [-0.4, -0.2) is 21.0 Å². The smallest absolute Gasteiger partial charge is 0.309 e. The zero-order chi connectivity index (χ0) is 11.5. The van der Waals surface area contributed by atoms with E-state index in [1.807, 2.05) is 31.2 Å². The van der Waals surface area contributed by atoms with Gasteiger partial charge in [-0.3, -0.25) is 4.79 Å². The number of aliphatic carboxylic acids is 1. The molecule has 1 aromatic carbocycles. The molecule has 0 aliphatic carbocycles. The van der Waals surface area contributed by atoms with Crippen molar-refractivity contribution in [1.29, 1.82) is 0 Å². The molecule has 0 radical (unpaired) electrons. The molecule has 2 N–H and O–H groups in total. The maximum atomic E-state index is 10.7. The number of carboxylic acids is 1. The molecular weight excluding hydrogens is 204 g/mol. The Balaban J connectivity index is 2.45. The molecule has 16 heavy (non-hydrogen) atoms. The molecule has 0 spiro atoms. The first-order valence-corrected chi connectivity index (χ1v) is 4.98. The van der Waals surface area contributed by atoms with Crippen LogP contribution in [0.5, 0.6) is 0 Å². The average molecular weight is 216 g/mol. The van der Waals surface area contributed by atoms with E-state index < -0.39 is 5.97 Å². The highest BCUT2D eigenvalue weighted by atomic mass is 16.4. The van der Waals surface area contributed by atoms with Crippen molar-refractivity contribution in [3.05, 3.63) is 41.9 Å². The van der Waals surface area contributed by atoms with Crippen molar-refractivity contribution >= 4 is 5.97 Å². The van der Waals surface area contributed by atoms with E-state index in [1.165, 1.54) is 6.33 Å². The molecule has 82 valence electrons. The third-order valence-electron chi connectivity index (χ3n) is 2.45. The van der Waals surface area contributed by atoms with E-state index in [1.54, 1.807) is 0 Å². The van der Waals surface area contributed by atoms with Gasteiger partial charge in [-0.15, -0.1) is 0 Å². The Bertz CT molecular complexity index is 517. The number of carboxylic acid groups (broad SMARTS) is 1. The lowest BCUT2D eigenvalue weighted by atomic mass is 10.0. The lowest BCUT2D eigenvalue weighted by Crippen LogP contribution is -2.02. The van der Waals surface area contributed by atoms with E-state index in [9.17, 15) is 4.79 Å². The monoisotopic (exact) mass is 216 g/mol. The Kier molecular flexibility index (Phi) is 2.72. The number of aromatic amines is 1. The van der Waals surface area contributed by atoms with Gasteiger partial charge in [-0.25, -0.2) is 4.98 Å². The molecule has 0 aliphatic rings. The number of hydrogen-bond donors (Lipinski definition) is 2. The maximum Gasteiger partial charge on any atom is 0.309 e. The quantitative estimate of drug-likeness (QED) is 0.824. The summed E-state index contributed by atoms with van der Waals surface area (Å²) in [7, 11) is 0. The van der Waals surface area contributed by atoms with Gasteiger partial charge in [0.25, 0.3) is 0 Å². The van der Waals surface area contributed by atoms with Gasteiger partial charge in [0.15, 0.2) is 0 Å². The van der Waals surface area contributed by atoms with Crippen molar-refractivity contribution < 1.29 is 9.90 Å². The van der Waals surface area contributed by atoms with E-state index in [4.69, 9.17) is 5.11 Å². The van der Waals surface area contributed by atoms with Crippen molar-refractivity contribution in [3.63, 3.8) is 0 Å². The highest BCUT2D eigenvalue weighted by Crippen LogP contribution is 2.23. The van der Waals surface area contributed by atoms with Crippen LogP contribution in [0, 0.1) is 6.92 Å². The van der Waals surface area contributed by atoms with Crippen LogP contribution in [0.2, 0.25) is 0 Å². The maximum absolute atomic E-state index is 10.7. The predicted molar refractivity (Wildman–Crippen MR) is 60.1 cm³/mol. The molecule has 4 heteroatoms. The lowest BCUT2D eigenvalue weighted by Gasteiger charge is -2.04. The number of rotatable bonds is 3. The standard InChI is InChI=1S/C12H12N2O2/c1-8-4-2-3-5-9(8)12-10(6-11(15)16)13-7-14-12/h2-5,7H,6H2,1H3,(H,13,14)(H,15,16). The normalized spacial score (nSPS) is 10.3. The first-order chi connectivity index (χ1) is 7.68. The van der Waals surface area contributed by atoms with Gasteiger partial charge in [-0.2, -0.15) is 0 Å². The summed E-state index contributed by atoms with van der Waals surface area (Å²) >= 11 is 0. The summed E-state index contributed by atoms with van der Waals surface area (Å²) < 4.78 is 0. The second kappa shape index (κ2) is 4.18. The Morgan fingerprint density at radius 2 is 2.19 bits per heavy atom. The summed E-state index contributed by atoms with van der Waals surface area (Å²) in [6, 6.07) is 7.79. The molecule has 0 bridgehead atoms. The number of aryl methyl sites for hydroxylation is 1. The van der Waals surface area contributed by atoms with Crippen LogP contribution < -0.4 is 0 Å². The Hall–Kier alpha value is -2.10. The fourth-order valence-electron chi connectivity index (χ4n) is 1.68. The Morgan fingerprint density at radius 1 is 1.44 bits per heavy atom. The zero-order valence-corrected chi connectivity index (χ0v) is 8.90. The van der Waals surface area contributed by atoms with Gasteiger partial charge in [-0.05, 0) is 12.5 Å². The van der Waals surface area contributed by atoms with Crippen LogP contribution in [0.25, 0.3) is 11.3 Å². The minimum Gasteiger partial charge on any atom is -0.481 e. The van der Waals surface area contributed by atoms with Crippen LogP contribution in [0.1, 0.15) is 11.3 Å². The summed E-state index contributed by atoms with van der Waals surface area (Å²) in [6.45, 7) is 1.98. The molecule has 1 aromatic heterocycles. The van der Waals surface area contributed by atoms with Crippen LogP contribution >= 0.6 is 0 Å². The minimum absolute atomic E-state index is 0.0380. The van der Waals surface area contributed by atoms with E-state index in [0.717, 1.165) is 16.8 Å². The van der Waals surface area contributed by atoms with Crippen LogP contribution in [-0.2, 0) is 11.2 Å². The fourth-order valence-corrected chi connectivity index (χ4v) is 1.68. The van der Waals surface area contributed by atoms with Gasteiger partial charge in [0.05, 0.1) is 24.1 Å². The highest BCUT2D eigenvalue weighted by Gasteiger charge is 2.12. The van der Waals surface area contributed by atoms with E-state index >= 15 is 0 Å². The second-order valence-electron chi connectivity index (χ2n) is 3.62. The Morgan fingerprint density at radius 3 is 2.88 bits per heavy atom. The molecule has 1 heterocycles. The van der Waals surface area contributed by atoms with Gasteiger partial charge < -0.3 is 10.1 Å². The SMILES string of the molecule is Cc1ccccc1-c1nc[nH]c1CC(=O)O. The van der Waals surface area contributed by atoms with Crippen LogP contribution in [0.3, 0.4) is 0 Å². The number of H-pyrrole nitrogens is 1. The average Bonchev–Trinajstić information content (AvgIpc) is 2.66. The third-order valence-corrected chi connectivity index (χ3v) is 2.45. The largest absolute Gasteiger partial charge is 0.481 e. The summed E-state index contributed by atoms with van der Waals surface area (Å²) in [4.78, 5) is 17.7. The fraction of sp³-hybridized carbons (Fsp3) is 0.167. The first kappa shape index (κ1) is 10.4. The molecule has 0 saturated carbocycles. The number of nitrogens with one attached hydrogen (secondary N) is 1. The molecule has 2 aromatic rings. The van der Waals surface area contributed by atoms with Crippen molar-refractivity contribution in [2.24, 2.45) is 0 Å². The Labute approximate surface area is 93.0 Å². The molecule has 2 rings (SSSR count). The molecular formula is C12H12N2O2. The number of carbonyl (C=O) groups is 1. The number of hydrogen-bond acceptors (Lipinski definition) is 2. The number of aromatic nitrogens is 2. The third kappa shape index (κ3) is 1.95. The molecule has 0 fully saturated rings. The molecule has 0 aliphatic heterocycles. The topological polar surface area (TPSA) is 66.0 Å². The lowest BCUT2D eigenvalue weighted by molar-refractivity contribution is -0.136. The van der Waals surface area contributed by atoms with Gasteiger partial charge in [0.2, 0.25) is 0 Å². The van der Waals surface area contributed by atoms with E-state index in [2.05, 4.69) is 9.97 Å². The summed E-state index contributed by atoms with van der Waals surface area (Å²) in [5, 5.41) is 8.78. The predicted octanol–water partition coefficient (Wildman–Crippen LogP) is 2.01. The zero-order valence-electron chi connectivity index (χ0n) is 8.90. The molecule has 0 amide bonds. The summed E-state index contributed by atoms with van der Waals surface area (Å²) in [5.41, 5.74) is 3.42. The molecule has 0 saturated heterocycles. The molecule has 0 atom stereocenters. The highest BCUT2D eigenvalue weighted by molar-refractivity contribution is 5.74. The molecule has 4 nitrogen and oxygen atoms in total. The van der Waals surface area contributed by atoms with Crippen molar-refractivity contribution in [2.75, 3.05) is 0 Å². The van der Waals surface area contributed by atoms with Crippen molar-refractivity contribution in [1.82, 2.24) is 9.97 Å². The molecule has 0 unspecified atom stereocenters. The van der Waals surface area contributed by atoms with E-state index in [0.29, 0.717) is 5.69 Å². The van der Waals surface area contributed by atoms with Gasteiger partial charge in [0.1, 0.15) is 0 Å². The minimum atomic E-state index is -0.862. The summed E-state index contributed by atoms with van der Waals surface area (Å²) in [5.74, 6) is -0.862. The van der Waals surface area contributed by atoms with Crippen molar-refractivity contribution in [3.8, 4) is 11.3 Å². The van der Waals surface area contributed by atoms with Gasteiger partial charge in [-0.1, -0.05) is 24.3 Å². The van der Waals surface area contributed by atoms with E-state index in [-0.39, 0.29) is 6.42 Å². The number of nitrogens with zero attached hydrogens (tertiary/aromatic N) is 1. The van der Waals surface area contributed by atoms with Gasteiger partial charge >= 0.3 is 5.97 Å².